The van der Waals surface area contributed by atoms with E-state index in [0.717, 1.165) is 62.5 Å². The van der Waals surface area contributed by atoms with Crippen LogP contribution in [0, 0.1) is 0 Å². The number of aliphatic hydroxyl groups excluding tert-OH is 1. The molecule has 2 atom stereocenters. The molecular weight excluding hydrogens is 444 g/mol. The van der Waals surface area contributed by atoms with Crippen molar-refractivity contribution in [2.45, 2.75) is 44.2 Å². The van der Waals surface area contributed by atoms with Crippen LogP contribution in [0.3, 0.4) is 0 Å². The summed E-state index contributed by atoms with van der Waals surface area (Å²) in [6.45, 7) is 9.04. The average Bonchev–Trinajstić information content (AvgIpc) is 2.84. The van der Waals surface area contributed by atoms with E-state index in [1.54, 1.807) is 0 Å². The lowest BCUT2D eigenvalue weighted by atomic mass is 9.82. The molecule has 5 N–H and O–H groups in total. The Morgan fingerprint density at radius 1 is 1.14 bits per heavy atom. The molecule has 0 unspecified atom stereocenters. The zero-order chi connectivity index (χ0) is 24.6. The quantitative estimate of drug-likeness (QED) is 0.442. The maximum atomic E-state index is 12.4. The molecule has 0 bridgehead atoms. The fourth-order valence-electron chi connectivity index (χ4n) is 5.36. The van der Waals surface area contributed by atoms with Gasteiger partial charge in [0.2, 0.25) is 5.95 Å². The van der Waals surface area contributed by atoms with Crippen molar-refractivity contribution in [3.05, 3.63) is 35.5 Å². The van der Waals surface area contributed by atoms with Gasteiger partial charge in [-0.05, 0) is 64.5 Å². The number of hydrogen-bond acceptors (Lipinski definition) is 8. The number of amides is 2. The predicted octanol–water partition coefficient (Wildman–Crippen LogP) is 2.17. The molecule has 2 saturated heterocycles. The highest BCUT2D eigenvalue weighted by Gasteiger charge is 2.38. The zero-order valence-electron chi connectivity index (χ0n) is 20.8. The van der Waals surface area contributed by atoms with Crippen molar-refractivity contribution >= 4 is 29.2 Å². The zero-order valence-corrected chi connectivity index (χ0v) is 20.8. The topological polar surface area (TPSA) is 118 Å². The van der Waals surface area contributed by atoms with E-state index in [1.165, 1.54) is 5.69 Å². The van der Waals surface area contributed by atoms with Crippen LogP contribution in [-0.4, -0.2) is 78.4 Å². The molecule has 2 amide bonds. The number of fused-ring (bicyclic) bond motifs is 1. The second-order valence-electron chi connectivity index (χ2n) is 10.4. The van der Waals surface area contributed by atoms with Crippen LogP contribution in [0.15, 0.2) is 24.3 Å². The van der Waals surface area contributed by atoms with Gasteiger partial charge in [0.1, 0.15) is 5.82 Å². The number of carbonyl (C=O) groups is 1. The van der Waals surface area contributed by atoms with Crippen LogP contribution in [0.5, 0.6) is 0 Å². The van der Waals surface area contributed by atoms with Crippen LogP contribution in [0.1, 0.15) is 43.9 Å². The second-order valence-corrected chi connectivity index (χ2v) is 10.4. The molecule has 2 fully saturated rings. The first-order chi connectivity index (χ1) is 16.8. The van der Waals surface area contributed by atoms with Gasteiger partial charge in [0.25, 0.3) is 0 Å². The van der Waals surface area contributed by atoms with E-state index < -0.39 is 5.54 Å². The number of carbonyl (C=O) groups excluding carboxylic acids is 1. The second kappa shape index (κ2) is 9.60. The predicted molar refractivity (Wildman–Crippen MR) is 137 cm³/mol. The highest BCUT2D eigenvalue weighted by atomic mass is 16.3. The normalized spacial score (nSPS) is 24.3. The van der Waals surface area contributed by atoms with Gasteiger partial charge in [0.05, 0.1) is 17.8 Å². The van der Waals surface area contributed by atoms with Crippen molar-refractivity contribution in [3.8, 4) is 0 Å². The van der Waals surface area contributed by atoms with E-state index in [-0.39, 0.29) is 24.6 Å². The minimum Gasteiger partial charge on any atom is -0.395 e. The molecule has 0 radical (unpaired) electrons. The maximum absolute atomic E-state index is 12.4. The molecule has 35 heavy (non-hydrogen) atoms. The van der Waals surface area contributed by atoms with Gasteiger partial charge in [0, 0.05) is 55.1 Å². The Balaban J connectivity index is 1.43. The molecule has 188 valence electrons. The highest BCUT2D eigenvalue weighted by Crippen LogP contribution is 2.40. The van der Waals surface area contributed by atoms with Crippen LogP contribution in [0.25, 0.3) is 0 Å². The third-order valence-corrected chi connectivity index (χ3v) is 7.31. The molecule has 10 heteroatoms. The molecule has 0 spiro atoms. The summed E-state index contributed by atoms with van der Waals surface area (Å²) in [4.78, 5) is 26.8. The van der Waals surface area contributed by atoms with E-state index in [1.807, 2.05) is 26.0 Å². The number of hydrogen-bond donors (Lipinski definition) is 5. The number of aromatic nitrogens is 2. The van der Waals surface area contributed by atoms with Gasteiger partial charge in [-0.1, -0.05) is 0 Å². The van der Waals surface area contributed by atoms with Crippen molar-refractivity contribution in [1.29, 1.82) is 0 Å². The van der Waals surface area contributed by atoms with E-state index in [2.05, 4.69) is 50.2 Å². The maximum Gasteiger partial charge on any atom is 0.321 e. The number of likely N-dealkylation sites (N-methyl/N-ethyl adjacent to an activating group) is 1. The number of benzene rings is 1. The fraction of sp³-hybridized carbons (Fsp3) is 0.560. The van der Waals surface area contributed by atoms with Gasteiger partial charge in [-0.2, -0.15) is 4.98 Å². The van der Waals surface area contributed by atoms with Crippen LogP contribution in [0.4, 0.5) is 27.9 Å². The summed E-state index contributed by atoms with van der Waals surface area (Å²) in [7, 11) is 2.16. The molecule has 2 aromatic rings. The van der Waals surface area contributed by atoms with Crippen molar-refractivity contribution < 1.29 is 9.90 Å². The third-order valence-electron chi connectivity index (χ3n) is 7.31. The summed E-state index contributed by atoms with van der Waals surface area (Å²) < 4.78 is 0. The largest absolute Gasteiger partial charge is 0.395 e. The monoisotopic (exact) mass is 480 g/mol. The van der Waals surface area contributed by atoms with E-state index >= 15 is 0 Å². The van der Waals surface area contributed by atoms with Gasteiger partial charge in [0.15, 0.2) is 0 Å². The first-order valence-electron chi connectivity index (χ1n) is 12.5. The summed E-state index contributed by atoms with van der Waals surface area (Å²) >= 11 is 0. The Morgan fingerprint density at radius 2 is 1.89 bits per heavy atom. The highest BCUT2D eigenvalue weighted by molar-refractivity contribution is 5.93. The minimum atomic E-state index is -0.602. The number of rotatable bonds is 5. The van der Waals surface area contributed by atoms with Crippen molar-refractivity contribution in [3.63, 3.8) is 0 Å². The smallest absolute Gasteiger partial charge is 0.321 e. The Morgan fingerprint density at radius 3 is 2.60 bits per heavy atom. The summed E-state index contributed by atoms with van der Waals surface area (Å²) in [5.74, 6) is 1.16. The Bertz CT molecular complexity index is 1070. The van der Waals surface area contributed by atoms with Crippen LogP contribution in [0.2, 0.25) is 0 Å². The number of nitrogens with zero attached hydrogens (tertiary/aromatic N) is 4. The Labute approximate surface area is 206 Å². The van der Waals surface area contributed by atoms with Crippen molar-refractivity contribution in [2.75, 3.05) is 61.9 Å². The van der Waals surface area contributed by atoms with E-state index in [0.29, 0.717) is 11.8 Å². The lowest BCUT2D eigenvalue weighted by Crippen LogP contribution is -2.49. The van der Waals surface area contributed by atoms with Gasteiger partial charge in [-0.3, -0.25) is 5.32 Å². The molecule has 3 aliphatic heterocycles. The Kier molecular flexibility index (Phi) is 6.52. The Hall–Kier alpha value is -2.95. The molecule has 1 aromatic heterocycles. The number of piperazine rings is 1. The van der Waals surface area contributed by atoms with Crippen LogP contribution in [-0.2, 0) is 5.54 Å². The van der Waals surface area contributed by atoms with Gasteiger partial charge >= 0.3 is 6.03 Å². The molecule has 3 aliphatic rings. The summed E-state index contributed by atoms with van der Waals surface area (Å²) in [5.41, 5.74) is 3.34. The molecule has 0 saturated carbocycles. The number of anilines is 4. The molecule has 10 nitrogen and oxygen atoms in total. The summed E-state index contributed by atoms with van der Waals surface area (Å²) in [6, 6.07) is 8.11. The number of urea groups is 1. The average molecular weight is 481 g/mol. The number of nitrogens with one attached hydrogen (secondary N) is 4. The molecule has 4 heterocycles. The fourth-order valence-corrected chi connectivity index (χ4v) is 5.36. The lowest BCUT2D eigenvalue weighted by molar-refractivity contribution is 0.208. The summed E-state index contributed by atoms with van der Waals surface area (Å²) in [5, 5.41) is 22.3. The third kappa shape index (κ3) is 5.05. The van der Waals surface area contributed by atoms with Crippen molar-refractivity contribution in [1.82, 2.24) is 25.5 Å². The summed E-state index contributed by atoms with van der Waals surface area (Å²) in [6.07, 6.45) is 1.69. The first kappa shape index (κ1) is 23.8. The van der Waals surface area contributed by atoms with Crippen molar-refractivity contribution in [2.24, 2.45) is 0 Å². The van der Waals surface area contributed by atoms with Crippen LogP contribution < -0.4 is 26.2 Å². The minimum absolute atomic E-state index is 0.0344. The van der Waals surface area contributed by atoms with E-state index in [4.69, 9.17) is 9.97 Å². The molecule has 0 aliphatic carbocycles. The lowest BCUT2D eigenvalue weighted by Gasteiger charge is -2.38. The van der Waals surface area contributed by atoms with Crippen LogP contribution >= 0.6 is 0 Å². The van der Waals surface area contributed by atoms with E-state index in [9.17, 15) is 9.90 Å². The first-order valence-corrected chi connectivity index (χ1v) is 12.5. The SMILES string of the molecule is CN1CCN(c2ccc(Nc3nc4c(c([C@H]5CCN[C@@H](CO)C5)n3)C(C)(C)NC(=O)N4)cc2)CC1. The molecule has 1 aromatic carbocycles. The standard InChI is InChI=1S/C25H36N8O2/c1-25(2)20-21(16-8-9-26-18(14-16)15-34)28-23(29-22(20)30-24(35)31-25)27-17-4-6-19(7-5-17)33-12-10-32(3)11-13-33/h4-7,16,18,26,34H,8-15H2,1-3H3,(H3,27,28,29,30,31,35)/t16-,18+/m0/s1. The molecule has 5 rings (SSSR count). The van der Waals surface area contributed by atoms with Gasteiger partial charge < -0.3 is 30.9 Å². The molecular formula is C25H36N8O2. The van der Waals surface area contributed by atoms with Gasteiger partial charge in [-0.15, -0.1) is 0 Å². The number of piperidine rings is 1. The van der Waals surface area contributed by atoms with Gasteiger partial charge in [-0.25, -0.2) is 9.78 Å². The number of aliphatic hydroxyl groups is 1.